The first-order valence-corrected chi connectivity index (χ1v) is 6.47. The minimum absolute atomic E-state index is 0.442. The van der Waals surface area contributed by atoms with Crippen LogP contribution in [0.15, 0.2) is 33.2 Å². The zero-order valence-corrected chi connectivity index (χ0v) is 11.1. The van der Waals surface area contributed by atoms with Gasteiger partial charge in [-0.25, -0.2) is 4.98 Å². The molecule has 4 heteroatoms. The molecule has 88 valence electrons. The van der Waals surface area contributed by atoms with Crippen LogP contribution in [-0.4, -0.2) is 18.1 Å². The van der Waals surface area contributed by atoms with E-state index < -0.39 is 0 Å². The maximum absolute atomic E-state index is 5.74. The number of hydrogen-bond donors (Lipinski definition) is 1. The van der Waals surface area contributed by atoms with E-state index in [-0.39, 0.29) is 0 Å². The fraction of sp³-hybridized carbons (Fsp3) is 0.308. The molecule has 1 fully saturated rings. The maximum atomic E-state index is 5.74. The third kappa shape index (κ3) is 2.03. The van der Waals surface area contributed by atoms with Gasteiger partial charge in [0.25, 0.3) is 0 Å². The van der Waals surface area contributed by atoms with Gasteiger partial charge in [0.15, 0.2) is 0 Å². The third-order valence-electron chi connectivity index (χ3n) is 3.06. The van der Waals surface area contributed by atoms with Crippen LogP contribution >= 0.6 is 15.9 Å². The Morgan fingerprint density at radius 2 is 2.00 bits per heavy atom. The van der Waals surface area contributed by atoms with Gasteiger partial charge in [0.1, 0.15) is 11.5 Å². The molecule has 1 aromatic carbocycles. The topological polar surface area (TPSA) is 38.1 Å². The Labute approximate surface area is 108 Å². The summed E-state index contributed by atoms with van der Waals surface area (Å²) in [5.41, 5.74) is 2.06. The maximum Gasteiger partial charge on any atom is 0.200 e. The molecule has 0 spiro atoms. The zero-order chi connectivity index (χ0) is 11.8. The summed E-state index contributed by atoms with van der Waals surface area (Å²) in [6.45, 7) is 3.92. The highest BCUT2D eigenvalue weighted by atomic mass is 79.9. The quantitative estimate of drug-likeness (QED) is 0.924. The largest absolute Gasteiger partial charge is 0.445 e. The van der Waals surface area contributed by atoms with Crippen LogP contribution in [0, 0.1) is 6.92 Å². The van der Waals surface area contributed by atoms with E-state index in [1.165, 1.54) is 0 Å². The molecule has 1 aromatic heterocycles. The van der Waals surface area contributed by atoms with Crippen LogP contribution in [-0.2, 0) is 0 Å². The highest BCUT2D eigenvalue weighted by Crippen LogP contribution is 2.28. The fourth-order valence-electron chi connectivity index (χ4n) is 1.93. The number of hydrogen-bond acceptors (Lipinski definition) is 3. The average molecular weight is 293 g/mol. The van der Waals surface area contributed by atoms with Crippen molar-refractivity contribution in [2.45, 2.75) is 12.8 Å². The van der Waals surface area contributed by atoms with E-state index >= 15 is 0 Å². The third-order valence-corrected chi connectivity index (χ3v) is 3.59. The molecule has 3 nitrogen and oxygen atoms in total. The monoisotopic (exact) mass is 292 g/mol. The van der Waals surface area contributed by atoms with Gasteiger partial charge in [-0.2, -0.15) is 0 Å². The second-order valence-corrected chi connectivity index (χ2v) is 5.23. The lowest BCUT2D eigenvalue weighted by atomic mass is 10.0. The Morgan fingerprint density at radius 1 is 1.29 bits per heavy atom. The van der Waals surface area contributed by atoms with Crippen LogP contribution in [0.2, 0.25) is 0 Å². The summed E-state index contributed by atoms with van der Waals surface area (Å²) in [4.78, 5) is 4.61. The second-order valence-electron chi connectivity index (χ2n) is 4.32. The van der Waals surface area contributed by atoms with E-state index in [1.54, 1.807) is 0 Å². The highest BCUT2D eigenvalue weighted by Gasteiger charge is 2.25. The van der Waals surface area contributed by atoms with Gasteiger partial charge in [-0.15, -0.1) is 0 Å². The molecular formula is C13H13BrN2O. The number of halogens is 1. The molecule has 1 N–H and O–H groups in total. The molecule has 1 saturated heterocycles. The highest BCUT2D eigenvalue weighted by molar-refractivity contribution is 9.10. The summed E-state index contributed by atoms with van der Waals surface area (Å²) < 4.78 is 6.82. The first-order valence-electron chi connectivity index (χ1n) is 5.68. The van der Waals surface area contributed by atoms with E-state index in [0.717, 1.165) is 40.5 Å². The molecule has 1 aliphatic heterocycles. The molecule has 3 rings (SSSR count). The van der Waals surface area contributed by atoms with Crippen molar-refractivity contribution in [3.8, 4) is 11.3 Å². The van der Waals surface area contributed by atoms with Crippen molar-refractivity contribution in [2.75, 3.05) is 13.1 Å². The summed E-state index contributed by atoms with van der Waals surface area (Å²) in [6.07, 6.45) is 0. The van der Waals surface area contributed by atoms with E-state index in [1.807, 2.05) is 19.1 Å². The first kappa shape index (κ1) is 11.0. The number of nitrogens with zero attached hydrogens (tertiary/aromatic N) is 1. The predicted molar refractivity (Wildman–Crippen MR) is 70.0 cm³/mol. The first-order chi connectivity index (χ1) is 8.24. The van der Waals surface area contributed by atoms with Crippen molar-refractivity contribution >= 4 is 15.9 Å². The van der Waals surface area contributed by atoms with Crippen LogP contribution in [0.25, 0.3) is 11.3 Å². The van der Waals surface area contributed by atoms with E-state index in [0.29, 0.717) is 5.92 Å². The SMILES string of the molecule is Cc1oc(C2CNC2)nc1-c1ccc(Br)cc1. The summed E-state index contributed by atoms with van der Waals surface area (Å²) in [5.74, 6) is 2.20. The van der Waals surface area contributed by atoms with Crippen LogP contribution in [0.3, 0.4) is 0 Å². The normalized spacial score (nSPS) is 15.9. The molecule has 0 atom stereocenters. The van der Waals surface area contributed by atoms with Crippen molar-refractivity contribution in [3.63, 3.8) is 0 Å². The fourth-order valence-corrected chi connectivity index (χ4v) is 2.19. The minimum atomic E-state index is 0.442. The van der Waals surface area contributed by atoms with E-state index in [9.17, 15) is 0 Å². The van der Waals surface area contributed by atoms with Gasteiger partial charge in [-0.05, 0) is 19.1 Å². The second kappa shape index (κ2) is 4.27. The van der Waals surface area contributed by atoms with Crippen molar-refractivity contribution in [1.29, 1.82) is 0 Å². The van der Waals surface area contributed by atoms with Gasteiger partial charge in [0.05, 0.1) is 5.92 Å². The van der Waals surface area contributed by atoms with Crippen LogP contribution in [0.1, 0.15) is 17.6 Å². The smallest absolute Gasteiger partial charge is 0.200 e. The summed E-state index contributed by atoms with van der Waals surface area (Å²) in [6, 6.07) is 8.15. The van der Waals surface area contributed by atoms with E-state index in [4.69, 9.17) is 4.42 Å². The molecule has 1 aliphatic rings. The van der Waals surface area contributed by atoms with Crippen molar-refractivity contribution in [1.82, 2.24) is 10.3 Å². The number of aromatic nitrogens is 1. The van der Waals surface area contributed by atoms with Gasteiger partial charge >= 0.3 is 0 Å². The Bertz CT molecular complexity index is 529. The predicted octanol–water partition coefficient (Wildman–Crippen LogP) is 3.10. The lowest BCUT2D eigenvalue weighted by molar-refractivity contribution is 0.350. The Kier molecular flexibility index (Phi) is 2.76. The Hall–Kier alpha value is -1.13. The minimum Gasteiger partial charge on any atom is -0.445 e. The molecule has 0 amide bonds. The summed E-state index contributed by atoms with van der Waals surface area (Å²) >= 11 is 3.43. The Morgan fingerprint density at radius 3 is 2.59 bits per heavy atom. The number of oxazole rings is 1. The van der Waals surface area contributed by atoms with Crippen LogP contribution < -0.4 is 5.32 Å². The molecule has 0 bridgehead atoms. The van der Waals surface area contributed by atoms with Gasteiger partial charge in [-0.3, -0.25) is 0 Å². The van der Waals surface area contributed by atoms with E-state index in [2.05, 4.69) is 38.4 Å². The molecule has 0 saturated carbocycles. The van der Waals surface area contributed by atoms with Crippen molar-refractivity contribution in [3.05, 3.63) is 40.4 Å². The Balaban J connectivity index is 1.96. The standard InChI is InChI=1S/C13H13BrN2O/c1-8-12(9-2-4-11(14)5-3-9)16-13(17-8)10-6-15-7-10/h2-5,10,15H,6-7H2,1H3. The lowest BCUT2D eigenvalue weighted by Gasteiger charge is -2.23. The molecule has 0 radical (unpaired) electrons. The van der Waals surface area contributed by atoms with Crippen LogP contribution in [0.4, 0.5) is 0 Å². The molecule has 2 aromatic rings. The van der Waals surface area contributed by atoms with Gasteiger partial charge in [-0.1, -0.05) is 28.1 Å². The van der Waals surface area contributed by atoms with Gasteiger partial charge in [0.2, 0.25) is 5.89 Å². The van der Waals surface area contributed by atoms with Crippen LogP contribution in [0.5, 0.6) is 0 Å². The number of rotatable bonds is 2. The number of nitrogens with one attached hydrogen (secondary N) is 1. The zero-order valence-electron chi connectivity index (χ0n) is 9.53. The van der Waals surface area contributed by atoms with Gasteiger partial charge in [0, 0.05) is 23.1 Å². The van der Waals surface area contributed by atoms with Crippen molar-refractivity contribution in [2.24, 2.45) is 0 Å². The summed E-state index contributed by atoms with van der Waals surface area (Å²) in [5, 5.41) is 3.23. The number of benzene rings is 1. The molecule has 2 heterocycles. The molecule has 17 heavy (non-hydrogen) atoms. The molecule has 0 aliphatic carbocycles. The molecular weight excluding hydrogens is 280 g/mol. The van der Waals surface area contributed by atoms with Crippen molar-refractivity contribution < 1.29 is 4.42 Å². The average Bonchev–Trinajstić information content (AvgIpc) is 2.59. The summed E-state index contributed by atoms with van der Waals surface area (Å²) in [7, 11) is 0. The number of aryl methyl sites for hydroxylation is 1. The van der Waals surface area contributed by atoms with Gasteiger partial charge < -0.3 is 9.73 Å². The molecule has 0 unspecified atom stereocenters. The lowest BCUT2D eigenvalue weighted by Crippen LogP contribution is -2.40.